The van der Waals surface area contributed by atoms with Crippen LogP contribution in [0.2, 0.25) is 0 Å². The summed E-state index contributed by atoms with van der Waals surface area (Å²) in [7, 11) is 1.84. The normalized spacial score (nSPS) is 16.2. The SMILES string of the molecule is CC[C@@H]1CN(Cc2cc([C@H](CC(=O)[O-])c3ccc4c(nnn4C)c3C)ccc2C)Cc2cccc(F)c2O1.[Na+]. The van der Waals surface area contributed by atoms with Gasteiger partial charge in [0.15, 0.2) is 11.6 Å². The average Bonchev–Trinajstić information content (AvgIpc) is 3.16. The number of carbonyl (C=O) groups is 1. The first-order valence-electron chi connectivity index (χ1n) is 13.0. The zero-order chi connectivity index (χ0) is 27.0. The molecule has 0 amide bonds. The maximum atomic E-state index is 14.5. The van der Waals surface area contributed by atoms with E-state index in [-0.39, 0.29) is 47.9 Å². The zero-order valence-corrected chi connectivity index (χ0v) is 25.2. The quantitative estimate of drug-likeness (QED) is 0.329. The Bertz CT molecular complexity index is 1510. The Morgan fingerprint density at radius 2 is 2.00 bits per heavy atom. The fourth-order valence-corrected chi connectivity index (χ4v) is 5.46. The Balaban J connectivity index is 0.00000353. The summed E-state index contributed by atoms with van der Waals surface area (Å²) in [6, 6.07) is 15.1. The molecule has 7 nitrogen and oxygen atoms in total. The van der Waals surface area contributed by atoms with E-state index < -0.39 is 11.9 Å². The molecule has 0 radical (unpaired) electrons. The molecule has 0 aliphatic carbocycles. The van der Waals surface area contributed by atoms with Crippen LogP contribution in [0.15, 0.2) is 48.5 Å². The van der Waals surface area contributed by atoms with E-state index in [0.29, 0.717) is 25.4 Å². The summed E-state index contributed by atoms with van der Waals surface area (Å²) in [5.74, 6) is -1.49. The summed E-state index contributed by atoms with van der Waals surface area (Å²) in [4.78, 5) is 14.1. The van der Waals surface area contributed by atoms with E-state index in [2.05, 4.69) is 28.2 Å². The smallest absolute Gasteiger partial charge is 0.550 e. The van der Waals surface area contributed by atoms with Gasteiger partial charge in [-0.1, -0.05) is 48.5 Å². The van der Waals surface area contributed by atoms with E-state index in [0.717, 1.165) is 50.8 Å². The van der Waals surface area contributed by atoms with Crippen molar-refractivity contribution in [2.75, 3.05) is 6.54 Å². The fraction of sp³-hybridized carbons (Fsp3) is 0.367. The van der Waals surface area contributed by atoms with Gasteiger partial charge in [-0.05, 0) is 66.6 Å². The molecule has 0 bridgehead atoms. The van der Waals surface area contributed by atoms with Crippen LogP contribution in [-0.2, 0) is 24.9 Å². The predicted octanol–water partition coefficient (Wildman–Crippen LogP) is 1.17. The molecule has 0 spiro atoms. The van der Waals surface area contributed by atoms with Crippen LogP contribution in [0.5, 0.6) is 5.75 Å². The second kappa shape index (κ2) is 12.2. The number of rotatable bonds is 7. The van der Waals surface area contributed by atoms with Crippen molar-refractivity contribution in [3.05, 3.63) is 87.7 Å². The molecule has 2 atom stereocenters. The minimum absolute atomic E-state index is 0. The van der Waals surface area contributed by atoms with Crippen LogP contribution in [0.4, 0.5) is 4.39 Å². The van der Waals surface area contributed by atoms with Crippen LogP contribution in [0.3, 0.4) is 0 Å². The van der Waals surface area contributed by atoms with Crippen molar-refractivity contribution in [2.24, 2.45) is 7.05 Å². The topological polar surface area (TPSA) is 83.3 Å². The molecule has 198 valence electrons. The summed E-state index contributed by atoms with van der Waals surface area (Å²) in [6.45, 7) is 7.93. The first-order valence-corrected chi connectivity index (χ1v) is 13.0. The molecule has 1 aromatic heterocycles. The van der Waals surface area contributed by atoms with Gasteiger partial charge in [-0.3, -0.25) is 4.90 Å². The monoisotopic (exact) mass is 538 g/mol. The largest absolute Gasteiger partial charge is 1.00 e. The van der Waals surface area contributed by atoms with Gasteiger partial charge in [0, 0.05) is 44.1 Å². The van der Waals surface area contributed by atoms with Crippen molar-refractivity contribution in [1.82, 2.24) is 19.9 Å². The van der Waals surface area contributed by atoms with Crippen molar-refractivity contribution in [3.8, 4) is 5.75 Å². The molecule has 0 fully saturated rings. The Morgan fingerprint density at radius 1 is 1.21 bits per heavy atom. The summed E-state index contributed by atoms with van der Waals surface area (Å²) in [5.41, 5.74) is 7.42. The molecule has 1 aliphatic rings. The zero-order valence-electron chi connectivity index (χ0n) is 23.2. The minimum Gasteiger partial charge on any atom is -0.550 e. The Labute approximate surface area is 250 Å². The van der Waals surface area contributed by atoms with E-state index in [1.807, 2.05) is 51.2 Å². The number of ether oxygens (including phenoxy) is 1. The van der Waals surface area contributed by atoms with E-state index in [9.17, 15) is 14.3 Å². The number of benzene rings is 3. The first-order chi connectivity index (χ1) is 18.2. The summed E-state index contributed by atoms with van der Waals surface area (Å²) < 4.78 is 22.3. The molecule has 5 rings (SSSR count). The molecular weight excluding hydrogens is 506 g/mol. The number of halogens is 1. The van der Waals surface area contributed by atoms with E-state index in [1.165, 1.54) is 6.07 Å². The number of carboxylic acids is 1. The fourth-order valence-electron chi connectivity index (χ4n) is 5.46. The number of carboxylic acid groups (broad SMARTS) is 1. The number of fused-ring (bicyclic) bond motifs is 2. The van der Waals surface area contributed by atoms with Crippen molar-refractivity contribution in [3.63, 3.8) is 0 Å². The average molecular weight is 539 g/mol. The number of carbonyl (C=O) groups excluding carboxylic acids is 1. The number of aryl methyl sites for hydroxylation is 3. The van der Waals surface area contributed by atoms with E-state index in [4.69, 9.17) is 4.74 Å². The molecule has 2 heterocycles. The van der Waals surface area contributed by atoms with Crippen molar-refractivity contribution >= 4 is 17.0 Å². The van der Waals surface area contributed by atoms with Crippen molar-refractivity contribution in [2.45, 2.75) is 58.7 Å². The Morgan fingerprint density at radius 3 is 2.74 bits per heavy atom. The molecular formula is C30H32FN4NaO3. The van der Waals surface area contributed by atoms with Crippen molar-refractivity contribution in [1.29, 1.82) is 0 Å². The van der Waals surface area contributed by atoms with Gasteiger partial charge in [0.25, 0.3) is 0 Å². The number of nitrogens with zero attached hydrogens (tertiary/aromatic N) is 4. The van der Waals surface area contributed by atoms with Crippen LogP contribution in [-0.4, -0.2) is 38.5 Å². The number of hydrogen-bond acceptors (Lipinski definition) is 6. The van der Waals surface area contributed by atoms with Gasteiger partial charge in [0.2, 0.25) is 0 Å². The maximum absolute atomic E-state index is 14.5. The molecule has 0 saturated carbocycles. The van der Waals surface area contributed by atoms with Crippen molar-refractivity contribution < 1.29 is 48.6 Å². The van der Waals surface area contributed by atoms with Gasteiger partial charge in [-0.2, -0.15) is 0 Å². The van der Waals surface area contributed by atoms with Crippen LogP contribution >= 0.6 is 0 Å². The van der Waals surface area contributed by atoms with Crippen LogP contribution in [0, 0.1) is 19.7 Å². The first kappa shape index (κ1) is 29.2. The van der Waals surface area contributed by atoms with Gasteiger partial charge >= 0.3 is 29.6 Å². The molecule has 39 heavy (non-hydrogen) atoms. The third-order valence-electron chi connectivity index (χ3n) is 7.64. The third kappa shape index (κ3) is 6.04. The molecule has 1 aliphatic heterocycles. The van der Waals surface area contributed by atoms with Gasteiger partial charge in [-0.25, -0.2) is 9.07 Å². The maximum Gasteiger partial charge on any atom is 1.00 e. The molecule has 0 unspecified atom stereocenters. The number of aliphatic carboxylic acids is 1. The second-order valence-electron chi connectivity index (χ2n) is 10.2. The van der Waals surface area contributed by atoms with Crippen LogP contribution in [0.1, 0.15) is 59.1 Å². The number of aromatic nitrogens is 3. The predicted molar refractivity (Wildman–Crippen MR) is 141 cm³/mol. The standard InChI is InChI=1S/C30H33FN4O3.Na/c1-5-23-17-35(15-21-7-6-8-26(31)30(21)38-23)16-22-13-20(10-9-18(22)2)25(14-28(36)37)24-11-12-27-29(19(24)3)32-33-34(27)4;/h6-13,23,25H,5,14-17H2,1-4H3,(H,36,37);/q;+1/p-1/t23-,25+;/m1./s1. The minimum atomic E-state index is -1.11. The second-order valence-corrected chi connectivity index (χ2v) is 10.2. The molecule has 4 aromatic rings. The summed E-state index contributed by atoms with van der Waals surface area (Å²) in [5, 5.41) is 20.3. The van der Waals surface area contributed by atoms with Crippen LogP contribution < -0.4 is 39.4 Å². The van der Waals surface area contributed by atoms with E-state index in [1.54, 1.807) is 10.7 Å². The number of hydrogen-bond donors (Lipinski definition) is 0. The Hall–Kier alpha value is -2.78. The molecule has 0 saturated heterocycles. The molecule has 3 aromatic carbocycles. The van der Waals surface area contributed by atoms with Gasteiger partial charge in [-0.15, -0.1) is 5.10 Å². The van der Waals surface area contributed by atoms with Gasteiger partial charge in [0.05, 0.1) is 5.52 Å². The van der Waals surface area contributed by atoms with Gasteiger partial charge in [0.1, 0.15) is 11.6 Å². The van der Waals surface area contributed by atoms with Crippen LogP contribution in [0.25, 0.3) is 11.0 Å². The van der Waals surface area contributed by atoms with Gasteiger partial charge < -0.3 is 14.6 Å². The summed E-state index contributed by atoms with van der Waals surface area (Å²) >= 11 is 0. The number of para-hydroxylation sites is 1. The Kier molecular flexibility index (Phi) is 9.11. The summed E-state index contributed by atoms with van der Waals surface area (Å²) in [6.07, 6.45) is 0.502. The molecule has 0 N–H and O–H groups in total. The molecule has 9 heteroatoms. The third-order valence-corrected chi connectivity index (χ3v) is 7.64. The van der Waals surface area contributed by atoms with E-state index >= 15 is 0 Å².